The van der Waals surface area contributed by atoms with E-state index in [9.17, 15) is 4.79 Å². The van der Waals surface area contributed by atoms with Crippen LogP contribution in [0, 0.1) is 0 Å². The lowest BCUT2D eigenvalue weighted by atomic mass is 10.2. The predicted octanol–water partition coefficient (Wildman–Crippen LogP) is 3.70. The highest BCUT2D eigenvalue weighted by Crippen LogP contribution is 2.09. The van der Waals surface area contributed by atoms with Crippen LogP contribution in [0.4, 0.5) is 0 Å². The SMILES string of the molecule is O=C(C/C=C/c1ccccc1)Oc1ccccc1. The first-order chi connectivity index (χ1) is 8.84. The van der Waals surface area contributed by atoms with Gasteiger partial charge >= 0.3 is 5.97 Å². The van der Waals surface area contributed by atoms with Crippen LogP contribution in [0.1, 0.15) is 12.0 Å². The Labute approximate surface area is 107 Å². The smallest absolute Gasteiger partial charge is 0.315 e. The Balaban J connectivity index is 1.84. The van der Waals surface area contributed by atoms with Crippen LogP contribution < -0.4 is 4.74 Å². The first-order valence-electron chi connectivity index (χ1n) is 5.82. The molecule has 0 radical (unpaired) electrons. The molecular formula is C16H14O2. The van der Waals surface area contributed by atoms with Gasteiger partial charge in [-0.1, -0.05) is 60.7 Å². The Morgan fingerprint density at radius 3 is 2.22 bits per heavy atom. The van der Waals surface area contributed by atoms with Crippen LogP contribution >= 0.6 is 0 Å². The van der Waals surface area contributed by atoms with Gasteiger partial charge in [-0.05, 0) is 17.7 Å². The van der Waals surface area contributed by atoms with E-state index in [1.165, 1.54) is 0 Å². The second-order valence-corrected chi connectivity index (χ2v) is 3.80. The fourth-order valence-corrected chi connectivity index (χ4v) is 1.52. The Morgan fingerprint density at radius 2 is 1.56 bits per heavy atom. The number of carbonyl (C=O) groups is 1. The van der Waals surface area contributed by atoms with Crippen molar-refractivity contribution in [2.24, 2.45) is 0 Å². The van der Waals surface area contributed by atoms with Crippen LogP contribution in [0.15, 0.2) is 66.7 Å². The maximum absolute atomic E-state index is 11.5. The van der Waals surface area contributed by atoms with Gasteiger partial charge in [0.2, 0.25) is 0 Å². The summed E-state index contributed by atoms with van der Waals surface area (Å²) in [6.07, 6.45) is 3.98. The Kier molecular flexibility index (Phi) is 4.31. The number of hydrogen-bond acceptors (Lipinski definition) is 2. The van der Waals surface area contributed by atoms with Crippen LogP contribution in [-0.2, 0) is 4.79 Å². The lowest BCUT2D eigenvalue weighted by molar-refractivity contribution is -0.133. The van der Waals surface area contributed by atoms with Gasteiger partial charge in [0.15, 0.2) is 0 Å². The van der Waals surface area contributed by atoms with Gasteiger partial charge in [-0.15, -0.1) is 0 Å². The third-order valence-corrected chi connectivity index (χ3v) is 2.37. The molecule has 0 aliphatic carbocycles. The number of rotatable bonds is 4. The number of para-hydroxylation sites is 1. The molecule has 0 amide bonds. The van der Waals surface area contributed by atoms with Crippen LogP contribution in [0.5, 0.6) is 5.75 Å². The van der Waals surface area contributed by atoms with Crippen molar-refractivity contribution in [1.82, 2.24) is 0 Å². The molecule has 0 aliphatic heterocycles. The number of ether oxygens (including phenoxy) is 1. The van der Waals surface area contributed by atoms with E-state index >= 15 is 0 Å². The van der Waals surface area contributed by atoms with E-state index in [-0.39, 0.29) is 12.4 Å². The molecule has 0 unspecified atom stereocenters. The molecule has 0 aromatic heterocycles. The van der Waals surface area contributed by atoms with E-state index in [1.807, 2.05) is 54.6 Å². The highest BCUT2D eigenvalue weighted by atomic mass is 16.5. The van der Waals surface area contributed by atoms with Crippen LogP contribution in [0.2, 0.25) is 0 Å². The van der Waals surface area contributed by atoms with E-state index in [0.717, 1.165) is 5.56 Å². The Morgan fingerprint density at radius 1 is 0.944 bits per heavy atom. The second-order valence-electron chi connectivity index (χ2n) is 3.80. The molecule has 2 aromatic carbocycles. The summed E-state index contributed by atoms with van der Waals surface area (Å²) in [4.78, 5) is 11.5. The summed E-state index contributed by atoms with van der Waals surface area (Å²) in [7, 11) is 0. The van der Waals surface area contributed by atoms with E-state index in [2.05, 4.69) is 0 Å². The molecule has 2 rings (SSSR count). The average molecular weight is 238 g/mol. The second kappa shape index (κ2) is 6.40. The summed E-state index contributed by atoms with van der Waals surface area (Å²) in [6, 6.07) is 18.9. The van der Waals surface area contributed by atoms with Crippen LogP contribution in [-0.4, -0.2) is 5.97 Å². The number of esters is 1. The van der Waals surface area contributed by atoms with Crippen molar-refractivity contribution < 1.29 is 9.53 Å². The maximum Gasteiger partial charge on any atom is 0.315 e. The number of benzene rings is 2. The first-order valence-corrected chi connectivity index (χ1v) is 5.82. The van der Waals surface area contributed by atoms with E-state index in [1.54, 1.807) is 18.2 Å². The highest BCUT2D eigenvalue weighted by Gasteiger charge is 2.00. The third-order valence-electron chi connectivity index (χ3n) is 2.37. The minimum Gasteiger partial charge on any atom is -0.426 e. The topological polar surface area (TPSA) is 26.3 Å². The fourth-order valence-electron chi connectivity index (χ4n) is 1.52. The lowest BCUT2D eigenvalue weighted by Crippen LogP contribution is -2.05. The molecule has 0 fully saturated rings. The molecule has 2 heteroatoms. The molecule has 2 nitrogen and oxygen atoms in total. The fraction of sp³-hybridized carbons (Fsp3) is 0.0625. The monoisotopic (exact) mass is 238 g/mol. The van der Waals surface area contributed by atoms with E-state index < -0.39 is 0 Å². The van der Waals surface area contributed by atoms with Crippen LogP contribution in [0.3, 0.4) is 0 Å². The van der Waals surface area contributed by atoms with Gasteiger partial charge in [-0.3, -0.25) is 4.79 Å². The lowest BCUT2D eigenvalue weighted by Gasteiger charge is -2.01. The molecule has 18 heavy (non-hydrogen) atoms. The maximum atomic E-state index is 11.5. The number of carbonyl (C=O) groups excluding carboxylic acids is 1. The largest absolute Gasteiger partial charge is 0.426 e. The molecule has 2 aromatic rings. The van der Waals surface area contributed by atoms with Crippen molar-refractivity contribution >= 4 is 12.0 Å². The minimum absolute atomic E-state index is 0.256. The highest BCUT2D eigenvalue weighted by molar-refractivity contribution is 5.75. The third kappa shape index (κ3) is 3.91. The van der Waals surface area contributed by atoms with Gasteiger partial charge < -0.3 is 4.74 Å². The van der Waals surface area contributed by atoms with Gasteiger partial charge in [0, 0.05) is 0 Å². The quantitative estimate of drug-likeness (QED) is 0.599. The molecule has 0 saturated carbocycles. The molecule has 0 atom stereocenters. The van der Waals surface area contributed by atoms with E-state index in [0.29, 0.717) is 5.75 Å². The van der Waals surface area contributed by atoms with Crippen molar-refractivity contribution in [3.8, 4) is 5.75 Å². The molecule has 0 spiro atoms. The molecule has 0 aliphatic rings. The van der Waals surface area contributed by atoms with Crippen molar-refractivity contribution in [3.05, 3.63) is 72.3 Å². The molecule has 0 heterocycles. The zero-order chi connectivity index (χ0) is 12.6. The molecule has 0 bridgehead atoms. The summed E-state index contributed by atoms with van der Waals surface area (Å²) < 4.78 is 5.16. The van der Waals surface area contributed by atoms with Gasteiger partial charge in [0.25, 0.3) is 0 Å². The zero-order valence-corrected chi connectivity index (χ0v) is 9.95. The standard InChI is InChI=1S/C16H14O2/c17-16(18-15-11-5-2-6-12-15)13-7-10-14-8-3-1-4-9-14/h1-12H,13H2/b10-7+. The van der Waals surface area contributed by atoms with Crippen molar-refractivity contribution in [2.45, 2.75) is 6.42 Å². The number of hydrogen-bond donors (Lipinski definition) is 0. The summed E-state index contributed by atoms with van der Waals surface area (Å²) in [5.41, 5.74) is 1.07. The van der Waals surface area contributed by atoms with E-state index in [4.69, 9.17) is 4.74 Å². The van der Waals surface area contributed by atoms with Gasteiger partial charge in [0.05, 0.1) is 6.42 Å². The van der Waals surface area contributed by atoms with Gasteiger partial charge in [-0.2, -0.15) is 0 Å². The zero-order valence-electron chi connectivity index (χ0n) is 9.95. The summed E-state index contributed by atoms with van der Waals surface area (Å²) >= 11 is 0. The predicted molar refractivity (Wildman–Crippen MR) is 72.2 cm³/mol. The van der Waals surface area contributed by atoms with Crippen LogP contribution in [0.25, 0.3) is 6.08 Å². The van der Waals surface area contributed by atoms with Gasteiger partial charge in [0.1, 0.15) is 5.75 Å². The molecule has 0 saturated heterocycles. The normalized spacial score (nSPS) is 10.4. The summed E-state index contributed by atoms with van der Waals surface area (Å²) in [5.74, 6) is 0.323. The molecule has 0 N–H and O–H groups in total. The molecular weight excluding hydrogens is 224 g/mol. The first kappa shape index (κ1) is 12.1. The Hall–Kier alpha value is -2.35. The van der Waals surface area contributed by atoms with Crippen molar-refractivity contribution in [1.29, 1.82) is 0 Å². The van der Waals surface area contributed by atoms with Gasteiger partial charge in [-0.25, -0.2) is 0 Å². The Bertz CT molecular complexity index is 515. The van der Waals surface area contributed by atoms with Crippen molar-refractivity contribution in [3.63, 3.8) is 0 Å². The average Bonchev–Trinajstić information content (AvgIpc) is 2.41. The summed E-state index contributed by atoms with van der Waals surface area (Å²) in [5, 5.41) is 0. The van der Waals surface area contributed by atoms with Crippen molar-refractivity contribution in [2.75, 3.05) is 0 Å². The molecule has 90 valence electrons. The summed E-state index contributed by atoms with van der Waals surface area (Å²) in [6.45, 7) is 0. The minimum atomic E-state index is -0.256.